The van der Waals surface area contributed by atoms with E-state index in [0.29, 0.717) is 23.1 Å². The summed E-state index contributed by atoms with van der Waals surface area (Å²) in [6.07, 6.45) is 1.45. The van der Waals surface area contributed by atoms with Gasteiger partial charge in [-0.2, -0.15) is 13.5 Å². The number of amidine groups is 1. The summed E-state index contributed by atoms with van der Waals surface area (Å²) in [6.45, 7) is 5.93. The molecule has 1 fully saturated rings. The van der Waals surface area contributed by atoms with Crippen molar-refractivity contribution in [3.05, 3.63) is 54.1 Å². The maximum atomic E-state index is 12.5. The van der Waals surface area contributed by atoms with E-state index in [1.807, 2.05) is 6.92 Å². The van der Waals surface area contributed by atoms with Crippen molar-refractivity contribution in [1.82, 2.24) is 5.32 Å². The summed E-state index contributed by atoms with van der Waals surface area (Å²) in [5, 5.41) is 11.0. The van der Waals surface area contributed by atoms with Crippen molar-refractivity contribution in [2.24, 2.45) is 10.2 Å². The Kier molecular flexibility index (Phi) is 6.47. The van der Waals surface area contributed by atoms with Crippen LogP contribution >= 0.6 is 11.8 Å². The van der Waals surface area contributed by atoms with Crippen LogP contribution in [0.25, 0.3) is 0 Å². The average Bonchev–Trinajstić information content (AvgIpc) is 2.94. The third kappa shape index (κ3) is 5.39. The Balaban J connectivity index is 1.70. The molecule has 0 atom stereocenters. The van der Waals surface area contributed by atoms with Gasteiger partial charge in [0.15, 0.2) is 5.17 Å². The minimum atomic E-state index is -3.99. The number of hydrogen-bond acceptors (Lipinski definition) is 8. The minimum Gasteiger partial charge on any atom is -0.494 e. The van der Waals surface area contributed by atoms with Crippen LogP contribution in [-0.2, 0) is 14.9 Å². The van der Waals surface area contributed by atoms with E-state index in [1.54, 1.807) is 38.1 Å². The fourth-order valence-electron chi connectivity index (χ4n) is 2.45. The average molecular weight is 448 g/mol. The third-order valence-electron chi connectivity index (χ3n) is 3.96. The molecule has 0 saturated carbocycles. The summed E-state index contributed by atoms with van der Waals surface area (Å²) in [5.74, 6) is 0.595. The predicted octanol–water partition coefficient (Wildman–Crippen LogP) is 3.18. The van der Waals surface area contributed by atoms with Crippen LogP contribution in [0, 0.1) is 0 Å². The lowest BCUT2D eigenvalue weighted by molar-refractivity contribution is -0.120. The molecule has 3 rings (SSSR count). The fraction of sp³-hybridized carbons (Fsp3) is 0.250. The van der Waals surface area contributed by atoms with Gasteiger partial charge in [0.2, 0.25) is 5.91 Å². The van der Waals surface area contributed by atoms with Crippen LogP contribution in [0.15, 0.2) is 63.6 Å². The molecule has 0 aromatic heterocycles. The Bertz CT molecular complexity index is 1090. The number of carbonyl (C=O) groups excluding carboxylic acids is 1. The van der Waals surface area contributed by atoms with E-state index in [4.69, 9.17) is 8.92 Å². The lowest BCUT2D eigenvalue weighted by atomic mass is 10.2. The molecule has 8 nitrogen and oxygen atoms in total. The van der Waals surface area contributed by atoms with Crippen molar-refractivity contribution in [2.45, 2.75) is 30.4 Å². The SMILES string of the molecule is CCOc1ccc(S(=O)(=O)Oc2cccc(/C=N\N=C3\NC(=O)C(C)(C)S3)c2)cc1. The number of nitrogens with zero attached hydrogens (tertiary/aromatic N) is 2. The van der Waals surface area contributed by atoms with Gasteiger partial charge in [-0.1, -0.05) is 23.9 Å². The second kappa shape index (κ2) is 8.88. The zero-order valence-corrected chi connectivity index (χ0v) is 18.3. The molecule has 0 radical (unpaired) electrons. The molecule has 1 aliphatic heterocycles. The normalized spacial score (nSPS) is 17.3. The summed E-state index contributed by atoms with van der Waals surface area (Å²) >= 11 is 1.29. The molecule has 0 aliphatic carbocycles. The van der Waals surface area contributed by atoms with Crippen molar-refractivity contribution < 1.29 is 22.1 Å². The Morgan fingerprint density at radius 3 is 2.50 bits per heavy atom. The standard InChI is InChI=1S/C20H21N3O5S2/c1-4-27-15-8-10-17(11-9-15)30(25,26)28-16-7-5-6-14(12-16)13-21-23-19-22-18(24)20(2,3)29-19/h5-13H,4H2,1-3H3,(H,22,23,24)/b21-13-. The molecule has 0 bridgehead atoms. The van der Waals surface area contributed by atoms with Crippen molar-refractivity contribution in [1.29, 1.82) is 0 Å². The highest BCUT2D eigenvalue weighted by molar-refractivity contribution is 8.16. The maximum Gasteiger partial charge on any atom is 0.339 e. The first kappa shape index (κ1) is 21.8. The molecule has 1 amide bonds. The number of rotatable bonds is 7. The molecule has 0 spiro atoms. The molecule has 1 saturated heterocycles. The lowest BCUT2D eigenvalue weighted by Crippen LogP contribution is -2.30. The number of amides is 1. The minimum absolute atomic E-state index is 0.0213. The van der Waals surface area contributed by atoms with E-state index in [0.717, 1.165) is 0 Å². The van der Waals surface area contributed by atoms with E-state index >= 15 is 0 Å². The van der Waals surface area contributed by atoms with Gasteiger partial charge in [0, 0.05) is 0 Å². The first-order chi connectivity index (χ1) is 14.2. The van der Waals surface area contributed by atoms with Crippen LogP contribution in [0.2, 0.25) is 0 Å². The van der Waals surface area contributed by atoms with E-state index in [2.05, 4.69) is 15.5 Å². The maximum absolute atomic E-state index is 12.5. The summed E-state index contributed by atoms with van der Waals surface area (Å²) in [6, 6.07) is 12.4. The van der Waals surface area contributed by atoms with Gasteiger partial charge in [-0.05, 0) is 62.7 Å². The van der Waals surface area contributed by atoms with E-state index in [1.165, 1.54) is 42.2 Å². The first-order valence-electron chi connectivity index (χ1n) is 9.08. The van der Waals surface area contributed by atoms with Gasteiger partial charge in [-0.25, -0.2) is 0 Å². The number of thioether (sulfide) groups is 1. The number of hydrogen-bond donors (Lipinski definition) is 1. The van der Waals surface area contributed by atoms with Gasteiger partial charge in [0.1, 0.15) is 16.4 Å². The van der Waals surface area contributed by atoms with Gasteiger partial charge in [-0.15, -0.1) is 5.10 Å². The zero-order chi connectivity index (χ0) is 21.8. The highest BCUT2D eigenvalue weighted by Gasteiger charge is 2.38. The van der Waals surface area contributed by atoms with E-state index in [-0.39, 0.29) is 16.6 Å². The Labute approximate surface area is 179 Å². The fourth-order valence-corrected chi connectivity index (χ4v) is 4.23. The molecule has 0 unspecified atom stereocenters. The molecule has 2 aromatic carbocycles. The number of carbonyl (C=O) groups is 1. The number of benzene rings is 2. The van der Waals surface area contributed by atoms with Crippen LogP contribution in [-0.4, -0.2) is 37.1 Å². The Morgan fingerprint density at radius 1 is 1.13 bits per heavy atom. The Morgan fingerprint density at radius 2 is 1.87 bits per heavy atom. The summed E-state index contributed by atoms with van der Waals surface area (Å²) in [4.78, 5) is 11.8. The highest BCUT2D eigenvalue weighted by Crippen LogP contribution is 2.30. The molecule has 2 aromatic rings. The third-order valence-corrected chi connectivity index (χ3v) is 6.30. The van der Waals surface area contributed by atoms with Crippen molar-refractivity contribution in [3.8, 4) is 11.5 Å². The molecule has 158 valence electrons. The molecular weight excluding hydrogens is 426 g/mol. The van der Waals surface area contributed by atoms with Crippen LogP contribution in [0.3, 0.4) is 0 Å². The quantitative estimate of drug-likeness (QED) is 0.397. The van der Waals surface area contributed by atoms with Gasteiger partial charge in [-0.3, -0.25) is 4.79 Å². The van der Waals surface area contributed by atoms with Gasteiger partial charge in [0.05, 0.1) is 17.6 Å². The smallest absolute Gasteiger partial charge is 0.339 e. The van der Waals surface area contributed by atoms with Crippen LogP contribution in [0.5, 0.6) is 11.5 Å². The van der Waals surface area contributed by atoms with E-state index in [9.17, 15) is 13.2 Å². The van der Waals surface area contributed by atoms with E-state index < -0.39 is 14.9 Å². The Hall–Kier alpha value is -2.85. The summed E-state index contributed by atoms with van der Waals surface area (Å²) < 4.78 is 35.0. The molecule has 30 heavy (non-hydrogen) atoms. The molecule has 1 N–H and O–H groups in total. The lowest BCUT2D eigenvalue weighted by Gasteiger charge is -2.08. The molecule has 10 heteroatoms. The zero-order valence-electron chi connectivity index (χ0n) is 16.7. The molecule has 1 aliphatic rings. The summed E-state index contributed by atoms with van der Waals surface area (Å²) in [5.41, 5.74) is 0.590. The molecule has 1 heterocycles. The van der Waals surface area contributed by atoms with Crippen LogP contribution < -0.4 is 14.2 Å². The largest absolute Gasteiger partial charge is 0.494 e. The van der Waals surface area contributed by atoms with Gasteiger partial charge >= 0.3 is 10.1 Å². The van der Waals surface area contributed by atoms with Crippen molar-refractivity contribution >= 4 is 39.2 Å². The van der Waals surface area contributed by atoms with Crippen LogP contribution in [0.4, 0.5) is 0 Å². The summed E-state index contributed by atoms with van der Waals surface area (Å²) in [7, 11) is -3.99. The van der Waals surface area contributed by atoms with Gasteiger partial charge < -0.3 is 14.2 Å². The molecular formula is C20H21N3O5S2. The van der Waals surface area contributed by atoms with Gasteiger partial charge in [0.25, 0.3) is 0 Å². The topological polar surface area (TPSA) is 106 Å². The van der Waals surface area contributed by atoms with Crippen molar-refractivity contribution in [2.75, 3.05) is 6.61 Å². The second-order valence-electron chi connectivity index (χ2n) is 6.73. The van der Waals surface area contributed by atoms with Crippen LogP contribution in [0.1, 0.15) is 26.3 Å². The first-order valence-corrected chi connectivity index (χ1v) is 11.3. The predicted molar refractivity (Wildman–Crippen MR) is 117 cm³/mol. The number of nitrogens with one attached hydrogen (secondary N) is 1. The van der Waals surface area contributed by atoms with Crippen molar-refractivity contribution in [3.63, 3.8) is 0 Å². The second-order valence-corrected chi connectivity index (χ2v) is 9.89. The monoisotopic (exact) mass is 447 g/mol. The number of ether oxygens (including phenoxy) is 1. The highest BCUT2D eigenvalue weighted by atomic mass is 32.2.